The van der Waals surface area contributed by atoms with Crippen LogP contribution in [0.25, 0.3) is 0 Å². The third-order valence-electron chi connectivity index (χ3n) is 3.40. The summed E-state index contributed by atoms with van der Waals surface area (Å²) in [5.41, 5.74) is 0.00847. The highest BCUT2D eigenvalue weighted by atomic mass is 32.2. The fourth-order valence-electron chi connectivity index (χ4n) is 2.20. The number of carbonyl (C=O) groups excluding carboxylic acids is 1. The fourth-order valence-corrected chi connectivity index (χ4v) is 2.88. The second-order valence-electron chi connectivity index (χ2n) is 4.85. The molecule has 24 heavy (non-hydrogen) atoms. The van der Waals surface area contributed by atoms with Crippen LogP contribution in [0.15, 0.2) is 24.3 Å². The van der Waals surface area contributed by atoms with Crippen molar-refractivity contribution in [2.75, 3.05) is 13.7 Å². The number of thioether (sulfide) groups is 1. The number of aliphatic hydroxyl groups is 1. The van der Waals surface area contributed by atoms with Gasteiger partial charge in [0.2, 0.25) is 0 Å². The van der Waals surface area contributed by atoms with E-state index in [-0.39, 0.29) is 17.9 Å². The summed E-state index contributed by atoms with van der Waals surface area (Å²) in [5, 5.41) is 30.6. The Kier molecular flexibility index (Phi) is 6.10. The lowest BCUT2D eigenvalue weighted by Crippen LogP contribution is -2.32. The number of thiocyanates is 1. The molecule has 0 unspecified atom stereocenters. The Morgan fingerprint density at radius 1 is 1.50 bits per heavy atom. The maximum atomic E-state index is 12.0. The summed E-state index contributed by atoms with van der Waals surface area (Å²) in [6.07, 6.45) is -2.64. The lowest BCUT2D eigenvalue weighted by atomic mass is 10.2. The Balaban J connectivity index is 1.97. The monoisotopic (exact) mass is 354 g/mol. The molecule has 2 rings (SSSR count). The van der Waals surface area contributed by atoms with Gasteiger partial charge in [-0.25, -0.2) is 4.79 Å². The van der Waals surface area contributed by atoms with E-state index < -0.39 is 34.6 Å². The topological polar surface area (TPSA) is 132 Å². The van der Waals surface area contributed by atoms with Crippen molar-refractivity contribution >= 4 is 23.4 Å². The molecule has 0 aromatic heterocycles. The molecule has 10 heteroatoms. The first-order chi connectivity index (χ1) is 11.5. The number of carbonyl (C=O) groups is 1. The number of benzene rings is 1. The van der Waals surface area contributed by atoms with Crippen LogP contribution in [0.3, 0.4) is 0 Å². The molecule has 1 heterocycles. The molecule has 1 N–H and O–H groups in total. The van der Waals surface area contributed by atoms with Crippen molar-refractivity contribution in [1.29, 1.82) is 5.26 Å². The smallest absolute Gasteiger partial charge is 0.338 e. The second-order valence-corrected chi connectivity index (χ2v) is 5.81. The first-order valence-corrected chi connectivity index (χ1v) is 7.68. The quantitative estimate of drug-likeness (QED) is 0.345. The van der Waals surface area contributed by atoms with E-state index in [0.717, 1.165) is 11.8 Å². The number of ether oxygens (including phenoxy) is 3. The van der Waals surface area contributed by atoms with E-state index in [9.17, 15) is 20.0 Å². The molecule has 1 aliphatic rings. The minimum absolute atomic E-state index is 0.137. The molecule has 1 fully saturated rings. The summed E-state index contributed by atoms with van der Waals surface area (Å²) in [7, 11) is 1.35. The largest absolute Gasteiger partial charge is 0.459 e. The van der Waals surface area contributed by atoms with Crippen molar-refractivity contribution in [2.45, 2.75) is 23.7 Å². The zero-order chi connectivity index (χ0) is 17.7. The molecule has 0 amide bonds. The highest BCUT2D eigenvalue weighted by Crippen LogP contribution is 2.31. The van der Waals surface area contributed by atoms with Crippen molar-refractivity contribution in [3.05, 3.63) is 39.9 Å². The van der Waals surface area contributed by atoms with Gasteiger partial charge in [-0.2, -0.15) is 5.26 Å². The number of nitro groups is 1. The van der Waals surface area contributed by atoms with Crippen LogP contribution < -0.4 is 0 Å². The summed E-state index contributed by atoms with van der Waals surface area (Å²) in [6, 6.07) is 4.96. The van der Waals surface area contributed by atoms with Gasteiger partial charge in [0, 0.05) is 19.2 Å². The van der Waals surface area contributed by atoms with Gasteiger partial charge in [0.1, 0.15) is 24.2 Å². The van der Waals surface area contributed by atoms with E-state index in [0.29, 0.717) is 0 Å². The molecule has 128 valence electrons. The van der Waals surface area contributed by atoms with Gasteiger partial charge < -0.3 is 19.3 Å². The maximum Gasteiger partial charge on any atom is 0.338 e. The third-order valence-corrected chi connectivity index (χ3v) is 4.36. The average Bonchev–Trinajstić information content (AvgIpc) is 2.89. The zero-order valence-electron chi connectivity index (χ0n) is 12.5. The number of nitriles is 1. The molecule has 1 aliphatic heterocycles. The minimum atomic E-state index is -1.03. The summed E-state index contributed by atoms with van der Waals surface area (Å²) < 4.78 is 15.5. The molecule has 1 aromatic carbocycles. The standard InChI is InChI=1S/C14H14N2O7S/c1-21-14-11(17)12(24-7-15)10(23-14)6-22-13(18)8-2-4-9(5-3-8)16(19)20/h2-5,10-12,14,17H,6H2,1H3/t10-,11+,12+,14+/m0/s1. The summed E-state index contributed by atoms with van der Waals surface area (Å²) in [4.78, 5) is 22.0. The fraction of sp³-hybridized carbons (Fsp3) is 0.429. The Morgan fingerprint density at radius 3 is 2.71 bits per heavy atom. The van der Waals surface area contributed by atoms with Crippen LogP contribution in [0.5, 0.6) is 0 Å². The Morgan fingerprint density at radius 2 is 2.17 bits per heavy atom. The highest BCUT2D eigenvalue weighted by molar-refractivity contribution is 8.04. The van der Waals surface area contributed by atoms with Gasteiger partial charge >= 0.3 is 5.97 Å². The van der Waals surface area contributed by atoms with Gasteiger partial charge in [0.25, 0.3) is 5.69 Å². The van der Waals surface area contributed by atoms with E-state index in [2.05, 4.69) is 0 Å². The number of hydrogen-bond acceptors (Lipinski definition) is 9. The van der Waals surface area contributed by atoms with Crippen molar-refractivity contribution in [1.82, 2.24) is 0 Å². The van der Waals surface area contributed by atoms with Crippen LogP contribution in [0.1, 0.15) is 10.4 Å². The molecule has 9 nitrogen and oxygen atoms in total. The molecule has 4 atom stereocenters. The van der Waals surface area contributed by atoms with Crippen molar-refractivity contribution < 1.29 is 29.0 Å². The first kappa shape index (κ1) is 18.2. The van der Waals surface area contributed by atoms with Gasteiger partial charge in [-0.3, -0.25) is 10.1 Å². The van der Waals surface area contributed by atoms with E-state index in [1.54, 1.807) is 0 Å². The van der Waals surface area contributed by atoms with E-state index >= 15 is 0 Å². The van der Waals surface area contributed by atoms with Crippen LogP contribution >= 0.6 is 11.8 Å². The van der Waals surface area contributed by atoms with Crippen LogP contribution in [-0.2, 0) is 14.2 Å². The van der Waals surface area contributed by atoms with Crippen LogP contribution in [0.4, 0.5) is 5.69 Å². The Hall–Kier alpha value is -2.19. The van der Waals surface area contributed by atoms with Gasteiger partial charge in [0.15, 0.2) is 6.29 Å². The van der Waals surface area contributed by atoms with E-state index in [1.165, 1.54) is 31.4 Å². The molecule has 1 aromatic rings. The predicted octanol–water partition coefficient (Wildman–Crippen LogP) is 1.07. The molecule has 0 saturated carbocycles. The molecule has 0 radical (unpaired) electrons. The summed E-state index contributed by atoms with van der Waals surface area (Å²) in [5.74, 6) is -0.690. The third kappa shape index (κ3) is 4.01. The predicted molar refractivity (Wildman–Crippen MR) is 82.0 cm³/mol. The second kappa shape index (κ2) is 8.07. The highest BCUT2D eigenvalue weighted by Gasteiger charge is 2.45. The molecule has 0 spiro atoms. The SMILES string of the molecule is CO[C@@H]1O[C@@H](COC(=O)c2ccc([N+](=O)[O-])cc2)[C@@H](SC#N)[C@H]1O. The maximum absolute atomic E-state index is 12.0. The average molecular weight is 354 g/mol. The van der Waals surface area contributed by atoms with E-state index in [4.69, 9.17) is 19.5 Å². The number of rotatable bonds is 6. The molecule has 0 bridgehead atoms. The lowest BCUT2D eigenvalue weighted by molar-refractivity contribution is -0.384. The van der Waals surface area contributed by atoms with Gasteiger partial charge in [0.05, 0.1) is 15.7 Å². The normalized spacial score (nSPS) is 25.9. The number of methoxy groups -OCH3 is 1. The van der Waals surface area contributed by atoms with Crippen molar-refractivity contribution in [2.24, 2.45) is 0 Å². The molecule has 1 saturated heterocycles. The van der Waals surface area contributed by atoms with Crippen molar-refractivity contribution in [3.63, 3.8) is 0 Å². The summed E-state index contributed by atoms with van der Waals surface area (Å²) in [6.45, 7) is -0.188. The molecule has 0 aliphatic carbocycles. The summed E-state index contributed by atoms with van der Waals surface area (Å²) >= 11 is 0.811. The van der Waals surface area contributed by atoms with Gasteiger partial charge in [-0.1, -0.05) is 0 Å². The molecular weight excluding hydrogens is 340 g/mol. The number of nitro benzene ring substituents is 1. The molecular formula is C14H14N2O7S. The lowest BCUT2D eigenvalue weighted by Gasteiger charge is -2.16. The van der Waals surface area contributed by atoms with Crippen LogP contribution in [-0.4, -0.2) is 53.5 Å². The number of non-ortho nitro benzene ring substituents is 1. The van der Waals surface area contributed by atoms with Gasteiger partial charge in [-0.15, -0.1) is 0 Å². The zero-order valence-corrected chi connectivity index (χ0v) is 13.3. The Labute approximate surface area is 141 Å². The van der Waals surface area contributed by atoms with E-state index in [1.807, 2.05) is 5.40 Å². The first-order valence-electron chi connectivity index (χ1n) is 6.80. The van der Waals surface area contributed by atoms with Crippen LogP contribution in [0.2, 0.25) is 0 Å². The van der Waals surface area contributed by atoms with Crippen molar-refractivity contribution in [3.8, 4) is 5.40 Å². The number of esters is 1. The number of nitrogens with zero attached hydrogens (tertiary/aromatic N) is 2. The van der Waals surface area contributed by atoms with Gasteiger partial charge in [-0.05, 0) is 23.9 Å². The van der Waals surface area contributed by atoms with Crippen LogP contribution in [0, 0.1) is 20.8 Å². The minimum Gasteiger partial charge on any atom is -0.459 e. The number of aliphatic hydroxyl groups excluding tert-OH is 1. The number of hydrogen-bond donors (Lipinski definition) is 1. The Bertz CT molecular complexity index is 646.